The molecule has 102 valence electrons. The molecule has 0 aromatic rings. The number of carbonyl (C=O) groups excluding carboxylic acids is 1. The van der Waals surface area contributed by atoms with E-state index in [1.165, 1.54) is 30.2 Å². The second kappa shape index (κ2) is 5.13. The summed E-state index contributed by atoms with van der Waals surface area (Å²) in [4.78, 5) is 14.2. The molecule has 0 unspecified atom stereocenters. The second-order valence-corrected chi connectivity index (χ2v) is 7.08. The van der Waals surface area contributed by atoms with Crippen molar-refractivity contribution in [2.24, 2.45) is 5.41 Å². The lowest BCUT2D eigenvalue weighted by atomic mass is 10.1. The van der Waals surface area contributed by atoms with Crippen LogP contribution < -0.4 is 5.32 Å². The maximum atomic E-state index is 12.2. The molecule has 2 saturated heterocycles. The number of thiol groups is 1. The van der Waals surface area contributed by atoms with E-state index in [-0.39, 0.29) is 6.03 Å². The number of nitrogens with one attached hydrogen (secondary N) is 1. The first kappa shape index (κ1) is 12.9. The summed E-state index contributed by atoms with van der Waals surface area (Å²) in [6.07, 6.45) is 5.95. The highest BCUT2D eigenvalue weighted by Crippen LogP contribution is 2.52. The van der Waals surface area contributed by atoms with Crippen LogP contribution >= 0.6 is 22.6 Å². The van der Waals surface area contributed by atoms with Gasteiger partial charge in [0.2, 0.25) is 0 Å². The summed E-state index contributed by atoms with van der Waals surface area (Å²) in [6, 6.07) is 0.515. The first-order valence-electron chi connectivity index (χ1n) is 6.83. The number of amides is 2. The van der Waals surface area contributed by atoms with Crippen LogP contribution in [0.5, 0.6) is 0 Å². The summed E-state index contributed by atoms with van der Waals surface area (Å²) >= 11 is 4.21. The molecule has 3 fully saturated rings. The van der Waals surface area contributed by atoms with E-state index in [1.54, 1.807) is 0 Å². The third-order valence-electron chi connectivity index (χ3n) is 4.58. The maximum absolute atomic E-state index is 12.2. The lowest BCUT2D eigenvalue weighted by molar-refractivity contribution is 0.196. The fourth-order valence-electron chi connectivity index (χ4n) is 3.04. The predicted octanol–water partition coefficient (Wildman–Crippen LogP) is 2.14. The summed E-state index contributed by atoms with van der Waals surface area (Å²) in [6.45, 7) is 3.98. The van der Waals surface area contributed by atoms with Gasteiger partial charge in [-0.15, -0.1) is 0 Å². The monoisotopic (exact) mass is 287 g/mol. The van der Waals surface area contributed by atoms with Crippen molar-refractivity contribution in [1.29, 1.82) is 0 Å². The van der Waals surface area contributed by atoms with Crippen molar-refractivity contribution in [3.63, 3.8) is 0 Å². The quantitative estimate of drug-likeness (QED) is 0.464. The molecule has 0 atom stereocenters. The smallest absolute Gasteiger partial charge is 0.317 e. The SMILES string of the molecule is O=C(NC1CCN(SS)CC1)N1CCC2(CC2)C1. The molecular formula is C12H21N3OS2. The van der Waals surface area contributed by atoms with Crippen molar-refractivity contribution in [3.8, 4) is 0 Å². The summed E-state index contributed by atoms with van der Waals surface area (Å²) < 4.78 is 2.24. The number of rotatable bonds is 2. The standard InChI is InChI=1S/C12H21N3OS2/c16-11(14-8-5-12(9-14)3-4-12)13-10-1-6-15(18-17)7-2-10/h10,17H,1-9H2,(H,13,16). The summed E-state index contributed by atoms with van der Waals surface area (Å²) in [5, 5.41) is 3.20. The van der Waals surface area contributed by atoms with Gasteiger partial charge in [-0.05, 0) is 48.5 Å². The average molecular weight is 287 g/mol. The van der Waals surface area contributed by atoms with Crippen molar-refractivity contribution in [2.75, 3.05) is 26.2 Å². The molecule has 1 N–H and O–H groups in total. The molecule has 0 aromatic carbocycles. The highest BCUT2D eigenvalue weighted by Gasteiger charge is 2.48. The molecule has 0 radical (unpaired) electrons. The average Bonchev–Trinajstić information content (AvgIpc) is 3.00. The Morgan fingerprint density at radius 3 is 2.50 bits per heavy atom. The number of urea groups is 1. The van der Waals surface area contributed by atoms with Gasteiger partial charge in [0.25, 0.3) is 0 Å². The van der Waals surface area contributed by atoms with Crippen LogP contribution in [-0.4, -0.2) is 47.5 Å². The van der Waals surface area contributed by atoms with E-state index in [4.69, 9.17) is 0 Å². The van der Waals surface area contributed by atoms with Crippen LogP contribution in [0.25, 0.3) is 0 Å². The van der Waals surface area contributed by atoms with E-state index in [0.29, 0.717) is 11.5 Å². The highest BCUT2D eigenvalue weighted by molar-refractivity contribution is 8.67. The zero-order valence-corrected chi connectivity index (χ0v) is 12.3. The molecule has 0 bridgehead atoms. The van der Waals surface area contributed by atoms with E-state index in [9.17, 15) is 4.79 Å². The molecule has 1 saturated carbocycles. The van der Waals surface area contributed by atoms with Crippen molar-refractivity contribution >= 4 is 28.7 Å². The topological polar surface area (TPSA) is 35.6 Å². The normalized spacial score (nSPS) is 27.7. The fourth-order valence-corrected chi connectivity index (χ4v) is 3.91. The Hall–Kier alpha value is -0.0700. The van der Waals surface area contributed by atoms with Crippen LogP contribution in [0.4, 0.5) is 4.79 Å². The van der Waals surface area contributed by atoms with E-state index in [0.717, 1.165) is 39.0 Å². The van der Waals surface area contributed by atoms with Crippen LogP contribution in [0, 0.1) is 5.41 Å². The van der Waals surface area contributed by atoms with Crippen molar-refractivity contribution in [2.45, 2.75) is 38.1 Å². The lowest BCUT2D eigenvalue weighted by Gasteiger charge is -2.31. The van der Waals surface area contributed by atoms with Gasteiger partial charge in [-0.3, -0.25) is 0 Å². The minimum atomic E-state index is 0.163. The van der Waals surface area contributed by atoms with Crippen LogP contribution in [0.3, 0.4) is 0 Å². The minimum Gasteiger partial charge on any atom is -0.335 e. The number of piperidine rings is 1. The van der Waals surface area contributed by atoms with Crippen molar-refractivity contribution in [3.05, 3.63) is 0 Å². The van der Waals surface area contributed by atoms with Gasteiger partial charge in [-0.25, -0.2) is 9.10 Å². The molecular weight excluding hydrogens is 266 g/mol. The minimum absolute atomic E-state index is 0.163. The Morgan fingerprint density at radius 1 is 1.22 bits per heavy atom. The van der Waals surface area contributed by atoms with Crippen LogP contribution in [0.1, 0.15) is 32.1 Å². The van der Waals surface area contributed by atoms with E-state index in [2.05, 4.69) is 21.3 Å². The Labute approximate surface area is 118 Å². The van der Waals surface area contributed by atoms with Gasteiger partial charge in [0.1, 0.15) is 0 Å². The van der Waals surface area contributed by atoms with Gasteiger partial charge in [-0.2, -0.15) is 0 Å². The Kier molecular flexibility index (Phi) is 3.69. The number of nitrogens with zero attached hydrogens (tertiary/aromatic N) is 2. The zero-order chi connectivity index (χ0) is 12.6. The molecule has 2 heterocycles. The van der Waals surface area contributed by atoms with E-state index >= 15 is 0 Å². The number of carbonyl (C=O) groups is 1. The first-order chi connectivity index (χ1) is 8.71. The summed E-state index contributed by atoms with van der Waals surface area (Å²) in [7, 11) is 1.50. The van der Waals surface area contributed by atoms with Gasteiger partial charge in [-0.1, -0.05) is 11.7 Å². The molecule has 1 spiro atoms. The summed E-state index contributed by atoms with van der Waals surface area (Å²) in [5.74, 6) is 0. The second-order valence-electron chi connectivity index (χ2n) is 5.91. The van der Waals surface area contributed by atoms with Gasteiger partial charge >= 0.3 is 6.03 Å². The molecule has 2 amide bonds. The Morgan fingerprint density at radius 2 is 1.94 bits per heavy atom. The number of likely N-dealkylation sites (tertiary alicyclic amines) is 1. The molecule has 0 aromatic heterocycles. The third-order valence-corrected chi connectivity index (χ3v) is 5.87. The maximum Gasteiger partial charge on any atom is 0.317 e. The molecule has 2 aliphatic heterocycles. The number of hydrogen-bond acceptors (Lipinski definition) is 4. The largest absolute Gasteiger partial charge is 0.335 e. The van der Waals surface area contributed by atoms with Gasteiger partial charge in [0.05, 0.1) is 0 Å². The predicted molar refractivity (Wildman–Crippen MR) is 77.6 cm³/mol. The van der Waals surface area contributed by atoms with Crippen LogP contribution in [0.15, 0.2) is 0 Å². The van der Waals surface area contributed by atoms with Crippen molar-refractivity contribution in [1.82, 2.24) is 14.5 Å². The van der Waals surface area contributed by atoms with Gasteiger partial charge < -0.3 is 10.2 Å². The van der Waals surface area contributed by atoms with Crippen LogP contribution in [0.2, 0.25) is 0 Å². The lowest BCUT2D eigenvalue weighted by Crippen LogP contribution is -2.47. The molecule has 4 nitrogen and oxygen atoms in total. The molecule has 3 aliphatic rings. The molecule has 18 heavy (non-hydrogen) atoms. The first-order valence-corrected chi connectivity index (χ1v) is 8.65. The van der Waals surface area contributed by atoms with Gasteiger partial charge in [0.15, 0.2) is 0 Å². The summed E-state index contributed by atoms with van der Waals surface area (Å²) in [5.41, 5.74) is 0.531. The van der Waals surface area contributed by atoms with E-state index in [1.807, 2.05) is 4.90 Å². The number of hydrogen-bond donors (Lipinski definition) is 2. The fraction of sp³-hybridized carbons (Fsp3) is 0.917. The highest BCUT2D eigenvalue weighted by atomic mass is 33.1. The van der Waals surface area contributed by atoms with Crippen LogP contribution in [-0.2, 0) is 0 Å². The van der Waals surface area contributed by atoms with E-state index < -0.39 is 0 Å². The third kappa shape index (κ3) is 2.75. The molecule has 6 heteroatoms. The van der Waals surface area contributed by atoms with Gasteiger partial charge in [0, 0.05) is 32.2 Å². The Bertz CT molecular complexity index is 327. The Balaban J connectivity index is 1.44. The zero-order valence-electron chi connectivity index (χ0n) is 10.6. The molecule has 3 rings (SSSR count). The van der Waals surface area contributed by atoms with Crippen molar-refractivity contribution < 1.29 is 4.79 Å². The molecule has 1 aliphatic carbocycles.